The van der Waals surface area contributed by atoms with Crippen LogP contribution in [0.4, 0.5) is 22.0 Å². The third-order valence-corrected chi connectivity index (χ3v) is 4.91. The van der Waals surface area contributed by atoms with Gasteiger partial charge in [-0.1, -0.05) is 32.9 Å². The molecule has 1 atom stereocenters. The van der Waals surface area contributed by atoms with Crippen molar-refractivity contribution in [2.75, 3.05) is 0 Å². The molecule has 4 nitrogen and oxygen atoms in total. The quantitative estimate of drug-likeness (QED) is 0.539. The second-order valence-electron chi connectivity index (χ2n) is 7.97. The van der Waals surface area contributed by atoms with Crippen LogP contribution in [0.2, 0.25) is 0 Å². The molecule has 0 aliphatic rings. The lowest BCUT2D eigenvalue weighted by Crippen LogP contribution is -2.42. The number of halogens is 5. The highest BCUT2D eigenvalue weighted by atomic mass is 19.4. The maximum Gasteiger partial charge on any atom is 0.573 e. The van der Waals surface area contributed by atoms with Crippen LogP contribution >= 0.6 is 0 Å². The van der Waals surface area contributed by atoms with E-state index in [1.165, 1.54) is 30.9 Å². The first-order valence-corrected chi connectivity index (χ1v) is 9.16. The van der Waals surface area contributed by atoms with Crippen molar-refractivity contribution in [1.82, 2.24) is 9.97 Å². The number of rotatable bonds is 4. The monoisotopic (exact) mass is 438 g/mol. The van der Waals surface area contributed by atoms with Crippen LogP contribution in [-0.2, 0) is 5.60 Å². The highest BCUT2D eigenvalue weighted by Gasteiger charge is 2.45. The minimum absolute atomic E-state index is 0.0732. The fraction of sp³-hybridized carbons (Fsp3) is 0.273. The van der Waals surface area contributed by atoms with Crippen LogP contribution < -0.4 is 4.74 Å². The van der Waals surface area contributed by atoms with Gasteiger partial charge < -0.3 is 9.84 Å². The smallest absolute Gasteiger partial charge is 0.406 e. The summed E-state index contributed by atoms with van der Waals surface area (Å²) < 4.78 is 70.2. The van der Waals surface area contributed by atoms with Crippen molar-refractivity contribution in [1.29, 1.82) is 0 Å². The summed E-state index contributed by atoms with van der Waals surface area (Å²) in [5.74, 6) is -2.57. The maximum absolute atomic E-state index is 15.2. The van der Waals surface area contributed by atoms with E-state index in [1.807, 2.05) is 0 Å². The number of ether oxygens (including phenoxy) is 1. The molecule has 0 fully saturated rings. The molecule has 1 aromatic heterocycles. The highest BCUT2D eigenvalue weighted by molar-refractivity contribution is 5.66. The summed E-state index contributed by atoms with van der Waals surface area (Å²) in [7, 11) is 0. The number of hydrogen-bond acceptors (Lipinski definition) is 4. The minimum Gasteiger partial charge on any atom is -0.406 e. The molecule has 0 amide bonds. The largest absolute Gasteiger partial charge is 0.573 e. The normalized spacial score (nSPS) is 14.2. The van der Waals surface area contributed by atoms with Gasteiger partial charge in [0.2, 0.25) is 0 Å². The highest BCUT2D eigenvalue weighted by Crippen LogP contribution is 2.45. The molecule has 1 N–H and O–H groups in total. The van der Waals surface area contributed by atoms with Crippen LogP contribution in [0, 0.1) is 17.0 Å². The van der Waals surface area contributed by atoms with Crippen molar-refractivity contribution >= 4 is 0 Å². The molecule has 3 aromatic rings. The Balaban J connectivity index is 2.05. The van der Waals surface area contributed by atoms with E-state index >= 15 is 4.39 Å². The van der Waals surface area contributed by atoms with E-state index in [9.17, 15) is 22.7 Å². The Hall–Kier alpha value is -3.07. The van der Waals surface area contributed by atoms with Crippen LogP contribution in [0.25, 0.3) is 11.1 Å². The number of aliphatic hydroxyl groups is 1. The van der Waals surface area contributed by atoms with Crippen LogP contribution in [0.1, 0.15) is 31.9 Å². The van der Waals surface area contributed by atoms with Gasteiger partial charge in [-0.25, -0.2) is 18.7 Å². The Bertz CT molecular complexity index is 1080. The summed E-state index contributed by atoms with van der Waals surface area (Å²) in [5, 5.41) is 11.5. The first kappa shape index (κ1) is 22.6. The van der Waals surface area contributed by atoms with Crippen molar-refractivity contribution in [3.05, 3.63) is 77.9 Å². The zero-order valence-electron chi connectivity index (χ0n) is 16.8. The summed E-state index contributed by atoms with van der Waals surface area (Å²) in [6, 6.07) is 6.26. The predicted molar refractivity (Wildman–Crippen MR) is 103 cm³/mol. The number of benzene rings is 2. The number of alkyl halides is 3. The molecule has 0 spiro atoms. The van der Waals surface area contributed by atoms with Gasteiger partial charge >= 0.3 is 6.36 Å². The second-order valence-corrected chi connectivity index (χ2v) is 7.97. The molecule has 0 saturated heterocycles. The minimum atomic E-state index is -4.96. The van der Waals surface area contributed by atoms with Crippen LogP contribution in [0.15, 0.2) is 55.1 Å². The average Bonchev–Trinajstić information content (AvgIpc) is 2.66. The molecule has 9 heteroatoms. The zero-order valence-corrected chi connectivity index (χ0v) is 16.8. The van der Waals surface area contributed by atoms with E-state index in [2.05, 4.69) is 14.7 Å². The Labute approximate surface area is 175 Å². The summed E-state index contributed by atoms with van der Waals surface area (Å²) in [6.45, 7) is 5.14. The third-order valence-electron chi connectivity index (χ3n) is 4.91. The first-order valence-electron chi connectivity index (χ1n) is 9.16. The van der Waals surface area contributed by atoms with Crippen LogP contribution in [0.5, 0.6) is 5.75 Å². The van der Waals surface area contributed by atoms with Crippen molar-refractivity contribution in [3.63, 3.8) is 0 Å². The number of hydrogen-bond donors (Lipinski definition) is 1. The van der Waals surface area contributed by atoms with Gasteiger partial charge in [-0.05, 0) is 29.2 Å². The Morgan fingerprint density at radius 1 is 0.871 bits per heavy atom. The average molecular weight is 438 g/mol. The van der Waals surface area contributed by atoms with Crippen molar-refractivity contribution in [2.45, 2.75) is 32.7 Å². The molecule has 3 rings (SSSR count). The molecule has 0 radical (unpaired) electrons. The lowest BCUT2D eigenvalue weighted by atomic mass is 9.68. The van der Waals surface area contributed by atoms with E-state index in [4.69, 9.17) is 0 Å². The fourth-order valence-electron chi connectivity index (χ4n) is 3.38. The van der Waals surface area contributed by atoms with E-state index in [-0.39, 0.29) is 22.3 Å². The molecule has 1 heterocycles. The van der Waals surface area contributed by atoms with Gasteiger partial charge in [0.05, 0.1) is 0 Å². The molecular weight excluding hydrogens is 419 g/mol. The van der Waals surface area contributed by atoms with Crippen molar-refractivity contribution in [3.8, 4) is 16.9 Å². The standard InChI is InChI=1S/C22H19F5N2O2/c1-20(2,3)21(30,14-10-28-12-29-11-14)17-7-4-13(8-19(17)24)16-6-5-15(9-18(16)23)31-22(25,26)27/h4-12,30H,1-3H3. The molecule has 1 unspecified atom stereocenters. The molecular formula is C22H19F5N2O2. The van der Waals surface area contributed by atoms with Crippen molar-refractivity contribution in [2.24, 2.45) is 5.41 Å². The summed E-state index contributed by atoms with van der Waals surface area (Å²) in [5.41, 5.74) is -2.52. The lowest BCUT2D eigenvalue weighted by molar-refractivity contribution is -0.274. The third kappa shape index (κ3) is 4.51. The van der Waals surface area contributed by atoms with Gasteiger partial charge in [-0.2, -0.15) is 0 Å². The number of nitrogens with zero attached hydrogens (tertiary/aromatic N) is 2. The molecule has 164 valence electrons. The van der Waals surface area contributed by atoms with E-state index in [1.54, 1.807) is 20.8 Å². The van der Waals surface area contributed by atoms with E-state index < -0.39 is 34.8 Å². The Morgan fingerprint density at radius 2 is 1.52 bits per heavy atom. The van der Waals surface area contributed by atoms with Gasteiger partial charge in [0.1, 0.15) is 29.3 Å². The first-order chi connectivity index (χ1) is 14.3. The molecule has 31 heavy (non-hydrogen) atoms. The second kappa shape index (κ2) is 7.88. The molecule has 0 aliphatic carbocycles. The van der Waals surface area contributed by atoms with E-state index in [0.29, 0.717) is 6.07 Å². The van der Waals surface area contributed by atoms with Gasteiger partial charge in [0.25, 0.3) is 0 Å². The van der Waals surface area contributed by atoms with Crippen LogP contribution in [0.3, 0.4) is 0 Å². The van der Waals surface area contributed by atoms with E-state index in [0.717, 1.165) is 18.2 Å². The van der Waals surface area contributed by atoms with Gasteiger partial charge in [-0.15, -0.1) is 13.2 Å². The molecule has 0 bridgehead atoms. The summed E-state index contributed by atoms with van der Waals surface area (Å²) in [4.78, 5) is 7.79. The molecule has 2 aromatic carbocycles. The molecule has 0 saturated carbocycles. The predicted octanol–water partition coefficient (Wildman–Crippen LogP) is 5.60. The van der Waals surface area contributed by atoms with Gasteiger partial charge in [0, 0.05) is 35.2 Å². The zero-order chi connectivity index (χ0) is 23.0. The van der Waals surface area contributed by atoms with Gasteiger partial charge in [-0.3, -0.25) is 0 Å². The molecule has 0 aliphatic heterocycles. The van der Waals surface area contributed by atoms with Crippen LogP contribution in [-0.4, -0.2) is 21.4 Å². The lowest BCUT2D eigenvalue weighted by Gasteiger charge is -2.41. The Morgan fingerprint density at radius 3 is 2.03 bits per heavy atom. The number of aromatic nitrogens is 2. The summed E-state index contributed by atoms with van der Waals surface area (Å²) >= 11 is 0. The SMILES string of the molecule is CC(C)(C)C(O)(c1cncnc1)c1ccc(-c2ccc(OC(F)(F)F)cc2F)cc1F. The van der Waals surface area contributed by atoms with Gasteiger partial charge in [0.15, 0.2) is 0 Å². The fourth-order valence-corrected chi connectivity index (χ4v) is 3.38. The van der Waals surface area contributed by atoms with Crippen molar-refractivity contribution < 1.29 is 31.8 Å². The topological polar surface area (TPSA) is 55.2 Å². The Kier molecular flexibility index (Phi) is 5.75. The maximum atomic E-state index is 15.2. The summed E-state index contributed by atoms with van der Waals surface area (Å²) in [6.07, 6.45) is -0.920.